The highest BCUT2D eigenvalue weighted by Gasteiger charge is 2.20. The minimum atomic E-state index is -0.167. The van der Waals surface area contributed by atoms with E-state index in [2.05, 4.69) is 5.32 Å². The Morgan fingerprint density at radius 1 is 1.25 bits per heavy atom. The monoisotopic (exact) mass is 334 g/mol. The van der Waals surface area contributed by atoms with Crippen molar-refractivity contribution < 1.29 is 19.1 Å². The van der Waals surface area contributed by atoms with Gasteiger partial charge in [0.15, 0.2) is 0 Å². The first-order valence-electron chi connectivity index (χ1n) is 8.51. The van der Waals surface area contributed by atoms with Crippen LogP contribution in [-0.4, -0.2) is 49.6 Å². The van der Waals surface area contributed by atoms with Crippen LogP contribution in [0.1, 0.15) is 31.7 Å². The summed E-state index contributed by atoms with van der Waals surface area (Å²) in [5, 5.41) is 2.85. The van der Waals surface area contributed by atoms with E-state index in [1.165, 1.54) is 0 Å². The van der Waals surface area contributed by atoms with E-state index in [9.17, 15) is 9.59 Å². The van der Waals surface area contributed by atoms with Crippen molar-refractivity contribution in [2.75, 3.05) is 38.2 Å². The second kappa shape index (κ2) is 10.1. The molecule has 1 aromatic rings. The molecule has 1 aromatic carbocycles. The zero-order chi connectivity index (χ0) is 17.2. The van der Waals surface area contributed by atoms with Gasteiger partial charge in [0.05, 0.1) is 26.4 Å². The number of nitrogens with zero attached hydrogens (tertiary/aromatic N) is 1. The Morgan fingerprint density at radius 2 is 2.08 bits per heavy atom. The number of carbonyl (C=O) groups excluding carboxylic acids is 2. The topological polar surface area (TPSA) is 67.9 Å². The molecule has 6 nitrogen and oxygen atoms in total. The molecule has 1 saturated heterocycles. The summed E-state index contributed by atoms with van der Waals surface area (Å²) >= 11 is 0. The van der Waals surface area contributed by atoms with Crippen LogP contribution in [0.4, 0.5) is 5.69 Å². The van der Waals surface area contributed by atoms with Crippen molar-refractivity contribution in [3.8, 4) is 0 Å². The van der Waals surface area contributed by atoms with E-state index in [-0.39, 0.29) is 18.4 Å². The fourth-order valence-electron chi connectivity index (χ4n) is 2.59. The molecular weight excluding hydrogens is 308 g/mol. The van der Waals surface area contributed by atoms with E-state index in [0.717, 1.165) is 24.1 Å². The minimum Gasteiger partial charge on any atom is -0.379 e. The Labute approximate surface area is 143 Å². The predicted molar refractivity (Wildman–Crippen MR) is 91.7 cm³/mol. The molecule has 0 aromatic heterocycles. The van der Waals surface area contributed by atoms with E-state index < -0.39 is 0 Å². The number of piperidine rings is 1. The lowest BCUT2D eigenvalue weighted by Gasteiger charge is -2.26. The van der Waals surface area contributed by atoms with Crippen LogP contribution in [0.15, 0.2) is 24.3 Å². The van der Waals surface area contributed by atoms with Gasteiger partial charge in [-0.15, -0.1) is 0 Å². The number of benzene rings is 1. The molecule has 2 amide bonds. The van der Waals surface area contributed by atoms with Crippen LogP contribution in [0.2, 0.25) is 0 Å². The number of hydrogen-bond acceptors (Lipinski definition) is 4. The lowest BCUT2D eigenvalue weighted by atomic mass is 10.1. The van der Waals surface area contributed by atoms with Gasteiger partial charge in [0.2, 0.25) is 11.8 Å². The molecule has 6 heteroatoms. The fraction of sp³-hybridized carbons (Fsp3) is 0.556. The summed E-state index contributed by atoms with van der Waals surface area (Å²) in [7, 11) is 0. The van der Waals surface area contributed by atoms with E-state index in [4.69, 9.17) is 9.47 Å². The quantitative estimate of drug-likeness (QED) is 0.703. The average Bonchev–Trinajstić information content (AvgIpc) is 2.57. The first kappa shape index (κ1) is 18.4. The average molecular weight is 334 g/mol. The SMILES string of the molecule is CCOCCOCc1cccc(NC(=O)CN2CCCCC2=O)c1. The predicted octanol–water partition coefficient (Wildman–Crippen LogP) is 2.19. The second-order valence-electron chi connectivity index (χ2n) is 5.77. The fourth-order valence-corrected chi connectivity index (χ4v) is 2.59. The molecule has 0 bridgehead atoms. The van der Waals surface area contributed by atoms with Gasteiger partial charge < -0.3 is 19.7 Å². The molecule has 0 unspecified atom stereocenters. The number of ether oxygens (including phenoxy) is 2. The van der Waals surface area contributed by atoms with Crippen LogP contribution in [0, 0.1) is 0 Å². The molecule has 1 fully saturated rings. The highest BCUT2D eigenvalue weighted by atomic mass is 16.5. The van der Waals surface area contributed by atoms with Crippen LogP contribution >= 0.6 is 0 Å². The molecule has 0 atom stereocenters. The lowest BCUT2D eigenvalue weighted by Crippen LogP contribution is -2.40. The van der Waals surface area contributed by atoms with Crippen molar-refractivity contribution in [2.45, 2.75) is 32.8 Å². The van der Waals surface area contributed by atoms with Crippen LogP contribution in [0.3, 0.4) is 0 Å². The molecule has 1 aliphatic heterocycles. The van der Waals surface area contributed by atoms with E-state index in [1.807, 2.05) is 31.2 Å². The Balaban J connectivity index is 1.78. The third-order valence-electron chi connectivity index (χ3n) is 3.81. The van der Waals surface area contributed by atoms with E-state index in [0.29, 0.717) is 39.4 Å². The minimum absolute atomic E-state index is 0.0628. The maximum atomic E-state index is 12.1. The smallest absolute Gasteiger partial charge is 0.243 e. The van der Waals surface area contributed by atoms with E-state index in [1.54, 1.807) is 4.90 Å². The molecule has 132 valence electrons. The molecule has 0 radical (unpaired) electrons. The molecule has 1 heterocycles. The molecule has 0 saturated carbocycles. The Hall–Kier alpha value is -1.92. The summed E-state index contributed by atoms with van der Waals surface area (Å²) in [5.41, 5.74) is 1.70. The Morgan fingerprint density at radius 3 is 2.88 bits per heavy atom. The van der Waals surface area contributed by atoms with Crippen molar-refractivity contribution in [1.29, 1.82) is 0 Å². The molecule has 0 spiro atoms. The van der Waals surface area contributed by atoms with Gasteiger partial charge >= 0.3 is 0 Å². The summed E-state index contributed by atoms with van der Waals surface area (Å²) in [5.74, 6) is -0.104. The first-order valence-corrected chi connectivity index (χ1v) is 8.51. The van der Waals surface area contributed by atoms with Crippen molar-refractivity contribution in [3.63, 3.8) is 0 Å². The van der Waals surface area contributed by atoms with Crippen LogP contribution in [0.5, 0.6) is 0 Å². The van der Waals surface area contributed by atoms with Crippen LogP contribution < -0.4 is 5.32 Å². The highest BCUT2D eigenvalue weighted by molar-refractivity contribution is 5.94. The summed E-state index contributed by atoms with van der Waals surface area (Å²) in [6.45, 7) is 5.02. The number of nitrogens with one attached hydrogen (secondary N) is 1. The van der Waals surface area contributed by atoms with Crippen LogP contribution in [0.25, 0.3) is 0 Å². The molecule has 1 N–H and O–H groups in total. The summed E-state index contributed by atoms with van der Waals surface area (Å²) in [6.07, 6.45) is 2.43. The maximum Gasteiger partial charge on any atom is 0.243 e. The third kappa shape index (κ3) is 6.29. The van der Waals surface area contributed by atoms with Gasteiger partial charge in [-0.05, 0) is 37.5 Å². The van der Waals surface area contributed by atoms with Crippen LogP contribution in [-0.2, 0) is 25.7 Å². The number of carbonyl (C=O) groups is 2. The van der Waals surface area contributed by atoms with Gasteiger partial charge in [-0.3, -0.25) is 9.59 Å². The normalized spacial score (nSPS) is 14.7. The Bertz CT molecular complexity index is 548. The zero-order valence-electron chi connectivity index (χ0n) is 14.3. The van der Waals surface area contributed by atoms with Gasteiger partial charge in [0, 0.05) is 25.3 Å². The van der Waals surface area contributed by atoms with Gasteiger partial charge in [-0.1, -0.05) is 12.1 Å². The van der Waals surface area contributed by atoms with Gasteiger partial charge in [-0.2, -0.15) is 0 Å². The molecule has 0 aliphatic carbocycles. The summed E-state index contributed by atoms with van der Waals surface area (Å²) in [4.78, 5) is 25.5. The third-order valence-corrected chi connectivity index (χ3v) is 3.81. The zero-order valence-corrected chi connectivity index (χ0v) is 14.3. The molecule has 24 heavy (non-hydrogen) atoms. The van der Waals surface area contributed by atoms with Gasteiger partial charge in [0.25, 0.3) is 0 Å². The second-order valence-corrected chi connectivity index (χ2v) is 5.77. The first-order chi connectivity index (χ1) is 11.7. The van der Waals surface area contributed by atoms with Crippen molar-refractivity contribution in [3.05, 3.63) is 29.8 Å². The largest absolute Gasteiger partial charge is 0.379 e. The molecule has 2 rings (SSSR count). The van der Waals surface area contributed by atoms with Gasteiger partial charge in [-0.25, -0.2) is 0 Å². The number of likely N-dealkylation sites (tertiary alicyclic amines) is 1. The van der Waals surface area contributed by atoms with Crippen molar-refractivity contribution >= 4 is 17.5 Å². The summed E-state index contributed by atoms with van der Waals surface area (Å²) < 4.78 is 10.7. The van der Waals surface area contributed by atoms with E-state index >= 15 is 0 Å². The number of amides is 2. The Kier molecular flexibility index (Phi) is 7.71. The number of rotatable bonds is 9. The molecular formula is C18H26N2O4. The standard InChI is InChI=1S/C18H26N2O4/c1-2-23-10-11-24-14-15-6-5-7-16(12-15)19-17(21)13-20-9-4-3-8-18(20)22/h5-7,12H,2-4,8-11,13-14H2,1H3,(H,19,21). The highest BCUT2D eigenvalue weighted by Crippen LogP contribution is 2.13. The summed E-state index contributed by atoms with van der Waals surface area (Å²) in [6, 6.07) is 7.55. The number of anilines is 1. The van der Waals surface area contributed by atoms with Crippen molar-refractivity contribution in [2.24, 2.45) is 0 Å². The lowest BCUT2D eigenvalue weighted by molar-refractivity contribution is -0.136. The van der Waals surface area contributed by atoms with Gasteiger partial charge in [0.1, 0.15) is 0 Å². The maximum absolute atomic E-state index is 12.1. The molecule has 1 aliphatic rings. The van der Waals surface area contributed by atoms with Crippen molar-refractivity contribution in [1.82, 2.24) is 4.90 Å². The number of hydrogen-bond donors (Lipinski definition) is 1.